The molecule has 1 amide bonds. The number of benzene rings is 1. The third-order valence-electron chi connectivity index (χ3n) is 3.09. The SMILES string of the molecule is CN(C)CC(NC(=O)c1cnn(C)c1)c1ccc(Cl)cc1. The molecule has 0 radical (unpaired) electrons. The molecular formula is C15H19ClN4O. The van der Waals surface area contributed by atoms with Gasteiger partial charge < -0.3 is 10.2 Å². The molecule has 1 N–H and O–H groups in total. The van der Waals surface area contributed by atoms with Crippen LogP contribution in [0.25, 0.3) is 0 Å². The van der Waals surface area contributed by atoms with Crippen molar-refractivity contribution in [3.8, 4) is 0 Å². The van der Waals surface area contributed by atoms with Crippen LogP contribution in [0.5, 0.6) is 0 Å². The lowest BCUT2D eigenvalue weighted by atomic mass is 10.1. The summed E-state index contributed by atoms with van der Waals surface area (Å²) in [6, 6.07) is 7.41. The van der Waals surface area contributed by atoms with E-state index in [1.54, 1.807) is 24.1 Å². The molecule has 21 heavy (non-hydrogen) atoms. The van der Waals surface area contributed by atoms with E-state index in [4.69, 9.17) is 11.6 Å². The van der Waals surface area contributed by atoms with Crippen LogP contribution in [0.3, 0.4) is 0 Å². The lowest BCUT2D eigenvalue weighted by Gasteiger charge is -2.22. The van der Waals surface area contributed by atoms with Gasteiger partial charge in [-0.05, 0) is 31.8 Å². The minimum Gasteiger partial charge on any atom is -0.344 e. The molecule has 0 spiro atoms. The third kappa shape index (κ3) is 4.31. The maximum atomic E-state index is 12.3. The number of nitrogens with zero attached hydrogens (tertiary/aromatic N) is 3. The standard InChI is InChI=1S/C15H19ClN4O/c1-19(2)10-14(11-4-6-13(16)7-5-11)18-15(21)12-8-17-20(3)9-12/h4-9,14H,10H2,1-3H3,(H,18,21). The third-order valence-corrected chi connectivity index (χ3v) is 3.34. The molecule has 2 rings (SSSR count). The van der Waals surface area contributed by atoms with Crippen LogP contribution < -0.4 is 5.32 Å². The highest BCUT2D eigenvalue weighted by atomic mass is 35.5. The molecule has 0 fully saturated rings. The Kier molecular flexibility index (Phi) is 4.98. The first-order chi connectivity index (χ1) is 9.95. The lowest BCUT2D eigenvalue weighted by molar-refractivity contribution is 0.0930. The summed E-state index contributed by atoms with van der Waals surface area (Å²) in [6.07, 6.45) is 3.26. The van der Waals surface area contributed by atoms with E-state index in [0.717, 1.165) is 5.56 Å². The minimum absolute atomic E-state index is 0.107. The second-order valence-corrected chi connectivity index (χ2v) is 5.68. The highest BCUT2D eigenvalue weighted by molar-refractivity contribution is 6.30. The highest BCUT2D eigenvalue weighted by Gasteiger charge is 2.17. The van der Waals surface area contributed by atoms with Gasteiger partial charge >= 0.3 is 0 Å². The molecular weight excluding hydrogens is 288 g/mol. The van der Waals surface area contributed by atoms with Gasteiger partial charge in [-0.3, -0.25) is 9.48 Å². The molecule has 0 aliphatic carbocycles. The largest absolute Gasteiger partial charge is 0.344 e. The van der Waals surface area contributed by atoms with Gasteiger partial charge in [0, 0.05) is 24.8 Å². The number of aromatic nitrogens is 2. The fraction of sp³-hybridized carbons (Fsp3) is 0.333. The molecule has 2 aromatic rings. The van der Waals surface area contributed by atoms with E-state index >= 15 is 0 Å². The number of carbonyl (C=O) groups excluding carboxylic acids is 1. The molecule has 0 bridgehead atoms. The Hall–Kier alpha value is -1.85. The molecule has 1 unspecified atom stereocenters. The first-order valence-corrected chi connectivity index (χ1v) is 7.03. The van der Waals surface area contributed by atoms with Gasteiger partial charge in [0.15, 0.2) is 0 Å². The van der Waals surface area contributed by atoms with Gasteiger partial charge in [0.2, 0.25) is 0 Å². The van der Waals surface area contributed by atoms with Crippen LogP contribution in [-0.2, 0) is 7.05 Å². The van der Waals surface area contributed by atoms with E-state index in [1.807, 2.05) is 43.3 Å². The molecule has 5 nitrogen and oxygen atoms in total. The fourth-order valence-corrected chi connectivity index (χ4v) is 2.20. The summed E-state index contributed by atoms with van der Waals surface area (Å²) in [5, 5.41) is 7.74. The monoisotopic (exact) mass is 306 g/mol. The Morgan fingerprint density at radius 2 is 2.05 bits per heavy atom. The minimum atomic E-state index is -0.134. The zero-order valence-corrected chi connectivity index (χ0v) is 13.1. The van der Waals surface area contributed by atoms with Crippen molar-refractivity contribution in [1.29, 1.82) is 0 Å². The van der Waals surface area contributed by atoms with Crippen molar-refractivity contribution < 1.29 is 4.79 Å². The van der Waals surface area contributed by atoms with Gasteiger partial charge in [-0.2, -0.15) is 5.10 Å². The summed E-state index contributed by atoms with van der Waals surface area (Å²) in [7, 11) is 5.73. The number of likely N-dealkylation sites (N-methyl/N-ethyl adjacent to an activating group) is 1. The van der Waals surface area contributed by atoms with E-state index in [9.17, 15) is 4.79 Å². The molecule has 0 saturated carbocycles. The van der Waals surface area contributed by atoms with Crippen molar-refractivity contribution >= 4 is 17.5 Å². The Balaban J connectivity index is 2.16. The highest BCUT2D eigenvalue weighted by Crippen LogP contribution is 2.18. The zero-order valence-electron chi connectivity index (χ0n) is 12.4. The molecule has 6 heteroatoms. The predicted octanol–water partition coefficient (Wildman–Crippen LogP) is 2.11. The van der Waals surface area contributed by atoms with Crippen LogP contribution >= 0.6 is 11.6 Å². The summed E-state index contributed by atoms with van der Waals surface area (Å²) < 4.78 is 1.61. The maximum Gasteiger partial charge on any atom is 0.254 e. The zero-order chi connectivity index (χ0) is 15.4. The average molecular weight is 307 g/mol. The predicted molar refractivity (Wildman–Crippen MR) is 83.4 cm³/mol. The van der Waals surface area contributed by atoms with Crippen LogP contribution in [0.15, 0.2) is 36.7 Å². The van der Waals surface area contributed by atoms with Gasteiger partial charge in [0.25, 0.3) is 5.91 Å². The fourth-order valence-electron chi connectivity index (χ4n) is 2.07. The summed E-state index contributed by atoms with van der Waals surface area (Å²) >= 11 is 5.92. The second kappa shape index (κ2) is 6.74. The smallest absolute Gasteiger partial charge is 0.254 e. The number of aryl methyl sites for hydroxylation is 1. The number of amides is 1. The number of nitrogens with one attached hydrogen (secondary N) is 1. The van der Waals surface area contributed by atoms with E-state index in [-0.39, 0.29) is 11.9 Å². The summed E-state index contributed by atoms with van der Waals surface area (Å²) in [4.78, 5) is 14.3. The van der Waals surface area contributed by atoms with Gasteiger partial charge in [0.05, 0.1) is 17.8 Å². The molecule has 1 aromatic carbocycles. The van der Waals surface area contributed by atoms with E-state index in [1.165, 1.54) is 0 Å². The first-order valence-electron chi connectivity index (χ1n) is 6.65. The number of hydrogen-bond acceptors (Lipinski definition) is 3. The first kappa shape index (κ1) is 15.5. The molecule has 1 heterocycles. The van der Waals surface area contributed by atoms with Crippen LogP contribution in [0.1, 0.15) is 22.0 Å². The normalized spacial score (nSPS) is 12.4. The number of carbonyl (C=O) groups is 1. The molecule has 1 atom stereocenters. The number of rotatable bonds is 5. The van der Waals surface area contributed by atoms with E-state index < -0.39 is 0 Å². The Bertz CT molecular complexity index is 606. The average Bonchev–Trinajstić information content (AvgIpc) is 2.85. The molecule has 1 aromatic heterocycles. The molecule has 0 saturated heterocycles. The molecule has 112 valence electrons. The number of hydrogen-bond donors (Lipinski definition) is 1. The van der Waals surface area contributed by atoms with Gasteiger partial charge in [-0.1, -0.05) is 23.7 Å². The maximum absolute atomic E-state index is 12.3. The van der Waals surface area contributed by atoms with Gasteiger partial charge in [-0.25, -0.2) is 0 Å². The van der Waals surface area contributed by atoms with Crippen molar-refractivity contribution in [3.63, 3.8) is 0 Å². The van der Waals surface area contributed by atoms with Gasteiger partial charge in [-0.15, -0.1) is 0 Å². The Morgan fingerprint density at radius 3 is 2.57 bits per heavy atom. The van der Waals surface area contributed by atoms with Crippen molar-refractivity contribution in [3.05, 3.63) is 52.8 Å². The van der Waals surface area contributed by atoms with Crippen molar-refractivity contribution in [2.45, 2.75) is 6.04 Å². The quantitative estimate of drug-likeness (QED) is 0.920. The van der Waals surface area contributed by atoms with Crippen LogP contribution in [0.2, 0.25) is 5.02 Å². The number of halogens is 1. The van der Waals surface area contributed by atoms with Crippen LogP contribution in [0.4, 0.5) is 0 Å². The molecule has 0 aliphatic heterocycles. The summed E-state index contributed by atoms with van der Waals surface area (Å²) in [5.74, 6) is -0.134. The lowest BCUT2D eigenvalue weighted by Crippen LogP contribution is -2.35. The van der Waals surface area contributed by atoms with Gasteiger partial charge in [0.1, 0.15) is 0 Å². The summed E-state index contributed by atoms with van der Waals surface area (Å²) in [6.45, 7) is 0.702. The van der Waals surface area contributed by atoms with E-state index in [2.05, 4.69) is 10.4 Å². The topological polar surface area (TPSA) is 50.2 Å². The second-order valence-electron chi connectivity index (χ2n) is 5.24. The van der Waals surface area contributed by atoms with Crippen molar-refractivity contribution in [2.24, 2.45) is 7.05 Å². The van der Waals surface area contributed by atoms with Crippen LogP contribution in [-0.4, -0.2) is 41.2 Å². The summed E-state index contributed by atoms with van der Waals surface area (Å²) in [5.41, 5.74) is 1.57. The van der Waals surface area contributed by atoms with Crippen molar-refractivity contribution in [1.82, 2.24) is 20.0 Å². The molecule has 0 aliphatic rings. The Morgan fingerprint density at radius 1 is 1.38 bits per heavy atom. The Labute approximate surface area is 129 Å². The van der Waals surface area contributed by atoms with Crippen molar-refractivity contribution in [2.75, 3.05) is 20.6 Å². The van der Waals surface area contributed by atoms with E-state index in [0.29, 0.717) is 17.1 Å². The van der Waals surface area contributed by atoms with Crippen LogP contribution in [0, 0.1) is 0 Å².